The summed E-state index contributed by atoms with van der Waals surface area (Å²) in [7, 11) is 0. The predicted molar refractivity (Wildman–Crippen MR) is 76.0 cm³/mol. The third kappa shape index (κ3) is 3.89. The van der Waals surface area contributed by atoms with E-state index in [9.17, 15) is 8.76 Å². The lowest BCUT2D eigenvalue weighted by Gasteiger charge is -2.37. The summed E-state index contributed by atoms with van der Waals surface area (Å²) in [5, 5.41) is 8.29. The van der Waals surface area contributed by atoms with E-state index in [1.165, 1.54) is 0 Å². The van der Waals surface area contributed by atoms with Gasteiger partial charge in [0.05, 0.1) is 6.07 Å². The topological polar surface area (TPSA) is 63.9 Å². The number of nitrogens with zero attached hydrogens (tertiary/aromatic N) is 1. The maximum Gasteiger partial charge on any atom is 0.0627 e. The molecule has 0 aliphatic rings. The summed E-state index contributed by atoms with van der Waals surface area (Å²) < 4.78 is 23.2. The molecule has 3 unspecified atom stereocenters. The predicted octanol–water partition coefficient (Wildman–Crippen LogP) is 3.49. The van der Waals surface area contributed by atoms with Crippen LogP contribution in [0.1, 0.15) is 43.6 Å². The van der Waals surface area contributed by atoms with Crippen molar-refractivity contribution in [1.82, 2.24) is 0 Å². The molecule has 0 aliphatic heterocycles. The molecule has 0 amide bonds. The van der Waals surface area contributed by atoms with E-state index in [0.717, 1.165) is 11.1 Å². The van der Waals surface area contributed by atoms with E-state index in [1.807, 2.05) is 52.0 Å². The molecule has 4 heteroatoms. The van der Waals surface area contributed by atoms with Gasteiger partial charge in [-0.15, -0.1) is 0 Å². The highest BCUT2D eigenvalue weighted by Crippen LogP contribution is 2.41. The first kappa shape index (κ1) is 15.9. The molecule has 0 N–H and O–H groups in total. The SMILES string of the molecule is Cc1ccc(C(C(C)C(C)(C)CC#N)S(=O)[O-])cc1. The highest BCUT2D eigenvalue weighted by Gasteiger charge is 2.33. The first-order chi connectivity index (χ1) is 8.79. The number of aryl methyl sites for hydroxylation is 1. The van der Waals surface area contributed by atoms with Crippen LogP contribution in [0.3, 0.4) is 0 Å². The Kier molecular flexibility index (Phi) is 5.28. The van der Waals surface area contributed by atoms with Gasteiger partial charge in [-0.1, -0.05) is 50.6 Å². The van der Waals surface area contributed by atoms with Crippen molar-refractivity contribution in [2.45, 2.75) is 39.4 Å². The summed E-state index contributed by atoms with van der Waals surface area (Å²) in [5.41, 5.74) is 1.55. The summed E-state index contributed by atoms with van der Waals surface area (Å²) in [5.74, 6) is -0.131. The minimum atomic E-state index is -2.20. The van der Waals surface area contributed by atoms with Crippen LogP contribution in [-0.2, 0) is 11.1 Å². The summed E-state index contributed by atoms with van der Waals surface area (Å²) in [6, 6.07) is 9.69. The Morgan fingerprint density at radius 1 is 1.37 bits per heavy atom. The Morgan fingerprint density at radius 3 is 2.32 bits per heavy atom. The Bertz CT molecular complexity index is 488. The van der Waals surface area contributed by atoms with Crippen LogP contribution in [0.2, 0.25) is 0 Å². The van der Waals surface area contributed by atoms with Crippen LogP contribution < -0.4 is 0 Å². The molecular formula is C15H20NO2S-. The number of benzene rings is 1. The monoisotopic (exact) mass is 278 g/mol. The lowest BCUT2D eigenvalue weighted by Crippen LogP contribution is -2.29. The van der Waals surface area contributed by atoms with Crippen LogP contribution in [0.15, 0.2) is 24.3 Å². The third-order valence-corrected chi connectivity index (χ3v) is 4.93. The fourth-order valence-electron chi connectivity index (χ4n) is 2.10. The zero-order chi connectivity index (χ0) is 14.6. The second-order valence-electron chi connectivity index (χ2n) is 5.70. The zero-order valence-electron chi connectivity index (χ0n) is 11.8. The largest absolute Gasteiger partial charge is 0.772 e. The van der Waals surface area contributed by atoms with Crippen molar-refractivity contribution in [2.75, 3.05) is 0 Å². The summed E-state index contributed by atoms with van der Waals surface area (Å²) in [6.45, 7) is 7.75. The van der Waals surface area contributed by atoms with Gasteiger partial charge in [0.1, 0.15) is 0 Å². The lowest BCUT2D eigenvalue weighted by molar-refractivity contribution is 0.225. The number of hydrogen-bond acceptors (Lipinski definition) is 3. The molecule has 1 aromatic carbocycles. The fraction of sp³-hybridized carbons (Fsp3) is 0.533. The molecule has 0 fully saturated rings. The second kappa shape index (κ2) is 6.31. The van der Waals surface area contributed by atoms with E-state index in [-0.39, 0.29) is 11.3 Å². The van der Waals surface area contributed by atoms with Crippen LogP contribution in [-0.4, -0.2) is 8.76 Å². The first-order valence-corrected chi connectivity index (χ1v) is 7.45. The lowest BCUT2D eigenvalue weighted by atomic mass is 9.74. The molecular weight excluding hydrogens is 258 g/mol. The Balaban J connectivity index is 3.12. The van der Waals surface area contributed by atoms with Crippen LogP contribution in [0.5, 0.6) is 0 Å². The Morgan fingerprint density at radius 2 is 1.89 bits per heavy atom. The quantitative estimate of drug-likeness (QED) is 0.774. The van der Waals surface area contributed by atoms with Gasteiger partial charge in [0, 0.05) is 11.7 Å². The molecule has 0 spiro atoms. The van der Waals surface area contributed by atoms with E-state index < -0.39 is 16.3 Å². The smallest absolute Gasteiger partial charge is 0.0627 e. The van der Waals surface area contributed by atoms with Gasteiger partial charge in [-0.2, -0.15) is 5.26 Å². The number of rotatable bonds is 5. The Labute approximate surface area is 117 Å². The molecule has 0 saturated carbocycles. The van der Waals surface area contributed by atoms with Crippen molar-refractivity contribution in [1.29, 1.82) is 5.26 Å². The second-order valence-corrected chi connectivity index (χ2v) is 6.73. The van der Waals surface area contributed by atoms with Crippen molar-refractivity contribution in [3.8, 4) is 6.07 Å². The van der Waals surface area contributed by atoms with Gasteiger partial charge in [-0.3, -0.25) is 4.21 Å². The molecule has 0 radical (unpaired) electrons. The molecule has 0 heterocycles. The van der Waals surface area contributed by atoms with Crippen LogP contribution in [0, 0.1) is 29.6 Å². The van der Waals surface area contributed by atoms with E-state index in [0.29, 0.717) is 6.42 Å². The van der Waals surface area contributed by atoms with Crippen molar-refractivity contribution < 1.29 is 8.76 Å². The highest BCUT2D eigenvalue weighted by molar-refractivity contribution is 7.79. The average molecular weight is 278 g/mol. The molecule has 3 atom stereocenters. The van der Waals surface area contributed by atoms with Gasteiger partial charge in [-0.25, -0.2) is 0 Å². The van der Waals surface area contributed by atoms with Crippen LogP contribution >= 0.6 is 0 Å². The molecule has 1 aromatic rings. The maximum atomic E-state index is 11.6. The molecule has 1 rings (SSSR count). The minimum absolute atomic E-state index is 0.131. The molecule has 19 heavy (non-hydrogen) atoms. The third-order valence-electron chi connectivity index (χ3n) is 3.83. The minimum Gasteiger partial charge on any atom is -0.772 e. The van der Waals surface area contributed by atoms with Crippen molar-refractivity contribution in [3.05, 3.63) is 35.4 Å². The fourth-order valence-corrected chi connectivity index (χ4v) is 3.18. The highest BCUT2D eigenvalue weighted by atomic mass is 32.2. The molecule has 104 valence electrons. The molecule has 0 bridgehead atoms. The van der Waals surface area contributed by atoms with Crippen molar-refractivity contribution >= 4 is 11.1 Å². The Hall–Kier alpha value is -1.18. The first-order valence-electron chi connectivity index (χ1n) is 6.31. The maximum absolute atomic E-state index is 11.6. The van der Waals surface area contributed by atoms with Crippen molar-refractivity contribution in [2.24, 2.45) is 11.3 Å². The number of nitriles is 1. The van der Waals surface area contributed by atoms with Gasteiger partial charge in [0.25, 0.3) is 0 Å². The standard InChI is InChI=1S/C15H21NO2S/c1-11-5-7-13(8-6-11)14(19(17)18)12(2)15(3,4)9-10-16/h5-8,12,14H,9H2,1-4H3,(H,17,18)/p-1. The molecule has 0 saturated heterocycles. The van der Waals surface area contributed by atoms with Gasteiger partial charge in [0.15, 0.2) is 0 Å². The summed E-state index contributed by atoms with van der Waals surface area (Å²) >= 11 is -2.20. The average Bonchev–Trinajstić information content (AvgIpc) is 2.31. The van der Waals surface area contributed by atoms with Gasteiger partial charge in [-0.05, 0) is 34.9 Å². The normalized spacial score (nSPS) is 16.4. The van der Waals surface area contributed by atoms with Gasteiger partial charge >= 0.3 is 0 Å². The summed E-state index contributed by atoms with van der Waals surface area (Å²) in [6.07, 6.45) is 0.341. The number of hydrogen-bond donors (Lipinski definition) is 0. The van der Waals surface area contributed by atoms with E-state index >= 15 is 0 Å². The zero-order valence-corrected chi connectivity index (χ0v) is 12.7. The molecule has 0 aromatic heterocycles. The van der Waals surface area contributed by atoms with E-state index in [4.69, 9.17) is 5.26 Å². The van der Waals surface area contributed by atoms with Crippen LogP contribution in [0.25, 0.3) is 0 Å². The van der Waals surface area contributed by atoms with Gasteiger partial charge < -0.3 is 4.55 Å². The van der Waals surface area contributed by atoms with E-state index in [1.54, 1.807) is 0 Å². The molecule has 0 aliphatic carbocycles. The summed E-state index contributed by atoms with van der Waals surface area (Å²) in [4.78, 5) is 0. The van der Waals surface area contributed by atoms with Gasteiger partial charge in [0.2, 0.25) is 0 Å². The van der Waals surface area contributed by atoms with Crippen LogP contribution in [0.4, 0.5) is 0 Å². The van der Waals surface area contributed by atoms with Crippen molar-refractivity contribution in [3.63, 3.8) is 0 Å². The van der Waals surface area contributed by atoms with E-state index in [2.05, 4.69) is 6.07 Å². The molecule has 3 nitrogen and oxygen atoms in total.